The molecule has 0 heterocycles. The first-order valence-corrected chi connectivity index (χ1v) is 5.79. The van der Waals surface area contributed by atoms with Crippen LogP contribution >= 0.6 is 0 Å². The normalized spacial score (nSPS) is 10.0. The molecule has 1 rings (SSSR count). The summed E-state index contributed by atoms with van der Waals surface area (Å²) in [5.74, 6) is 1.46. The van der Waals surface area contributed by atoms with Gasteiger partial charge < -0.3 is 9.47 Å². The van der Waals surface area contributed by atoms with Gasteiger partial charge >= 0.3 is 0 Å². The van der Waals surface area contributed by atoms with Gasteiger partial charge in [-0.2, -0.15) is 0 Å². The zero-order valence-corrected chi connectivity index (χ0v) is 11.3. The summed E-state index contributed by atoms with van der Waals surface area (Å²) in [5.41, 5.74) is 7.25. The molecule has 0 aliphatic heterocycles. The molecule has 0 bridgehead atoms. The van der Waals surface area contributed by atoms with Crippen molar-refractivity contribution in [3.63, 3.8) is 0 Å². The summed E-state index contributed by atoms with van der Waals surface area (Å²) in [5, 5.41) is 0. The van der Waals surface area contributed by atoms with E-state index in [2.05, 4.69) is 10.9 Å². The number of benzene rings is 1. The SMILES string of the molecule is CNNC(=O)CCc1c(C)cc(OC)cc1OC. The van der Waals surface area contributed by atoms with Crippen LogP contribution in [0.15, 0.2) is 12.1 Å². The lowest BCUT2D eigenvalue weighted by atomic mass is 10.0. The Kier molecular flexibility index (Phi) is 5.45. The standard InChI is InChI=1S/C13H20N2O3/c1-9-7-10(17-3)8-12(18-4)11(9)5-6-13(16)15-14-2/h7-8,14H,5-6H2,1-4H3,(H,15,16). The number of rotatable bonds is 6. The molecule has 0 unspecified atom stereocenters. The predicted octanol–water partition coefficient (Wildman–Crippen LogP) is 1.20. The fourth-order valence-electron chi connectivity index (χ4n) is 1.81. The summed E-state index contributed by atoms with van der Waals surface area (Å²) in [7, 11) is 4.90. The second-order valence-corrected chi connectivity index (χ2v) is 3.92. The molecule has 0 atom stereocenters. The van der Waals surface area contributed by atoms with Crippen molar-refractivity contribution in [2.75, 3.05) is 21.3 Å². The van der Waals surface area contributed by atoms with E-state index < -0.39 is 0 Å². The van der Waals surface area contributed by atoms with Gasteiger partial charge in [-0.1, -0.05) is 0 Å². The highest BCUT2D eigenvalue weighted by atomic mass is 16.5. The topological polar surface area (TPSA) is 59.6 Å². The van der Waals surface area contributed by atoms with Crippen molar-refractivity contribution in [3.8, 4) is 11.5 Å². The molecule has 0 saturated heterocycles. The number of methoxy groups -OCH3 is 2. The summed E-state index contributed by atoms with van der Waals surface area (Å²) in [6, 6.07) is 3.77. The van der Waals surface area contributed by atoms with Gasteiger partial charge in [-0.3, -0.25) is 10.2 Å². The Morgan fingerprint density at radius 1 is 1.28 bits per heavy atom. The van der Waals surface area contributed by atoms with Gasteiger partial charge in [0.1, 0.15) is 11.5 Å². The minimum Gasteiger partial charge on any atom is -0.497 e. The third-order valence-corrected chi connectivity index (χ3v) is 2.73. The monoisotopic (exact) mass is 252 g/mol. The van der Waals surface area contributed by atoms with Gasteiger partial charge in [0.25, 0.3) is 0 Å². The molecule has 2 N–H and O–H groups in total. The van der Waals surface area contributed by atoms with Crippen LogP contribution in [-0.4, -0.2) is 27.2 Å². The van der Waals surface area contributed by atoms with Crippen LogP contribution in [0.4, 0.5) is 0 Å². The van der Waals surface area contributed by atoms with Gasteiger partial charge in [0.05, 0.1) is 14.2 Å². The first kappa shape index (κ1) is 14.3. The molecule has 0 aliphatic rings. The second kappa shape index (κ2) is 6.86. The summed E-state index contributed by atoms with van der Waals surface area (Å²) < 4.78 is 10.5. The van der Waals surface area contributed by atoms with Crippen molar-refractivity contribution in [3.05, 3.63) is 23.3 Å². The Balaban J connectivity index is 2.84. The molecule has 1 amide bonds. The number of hydrogen-bond acceptors (Lipinski definition) is 4. The number of hydrazine groups is 1. The molecule has 0 aromatic heterocycles. The number of aryl methyl sites for hydroxylation is 1. The van der Waals surface area contributed by atoms with Gasteiger partial charge in [-0.25, -0.2) is 5.43 Å². The van der Waals surface area contributed by atoms with Gasteiger partial charge in [-0.05, 0) is 30.5 Å². The zero-order chi connectivity index (χ0) is 13.5. The molecule has 5 nitrogen and oxygen atoms in total. The molecule has 5 heteroatoms. The molecule has 1 aromatic rings. The van der Waals surface area contributed by atoms with Crippen molar-refractivity contribution in [1.29, 1.82) is 0 Å². The Bertz CT molecular complexity index is 419. The van der Waals surface area contributed by atoms with Gasteiger partial charge in [0.15, 0.2) is 0 Å². The van der Waals surface area contributed by atoms with Crippen LogP contribution in [0.25, 0.3) is 0 Å². The van der Waals surface area contributed by atoms with E-state index in [1.54, 1.807) is 21.3 Å². The molecule has 0 saturated carbocycles. The fraction of sp³-hybridized carbons (Fsp3) is 0.462. The van der Waals surface area contributed by atoms with Crippen LogP contribution in [0.1, 0.15) is 17.5 Å². The lowest BCUT2D eigenvalue weighted by Crippen LogP contribution is -2.34. The number of carbonyl (C=O) groups excluding carboxylic acids is 1. The quantitative estimate of drug-likeness (QED) is 0.747. The van der Waals surface area contributed by atoms with E-state index in [0.29, 0.717) is 12.8 Å². The van der Waals surface area contributed by atoms with Crippen LogP contribution in [0, 0.1) is 6.92 Å². The lowest BCUT2D eigenvalue weighted by molar-refractivity contribution is -0.121. The van der Waals surface area contributed by atoms with Crippen LogP contribution in [0.3, 0.4) is 0 Å². The highest BCUT2D eigenvalue weighted by Crippen LogP contribution is 2.29. The van der Waals surface area contributed by atoms with E-state index in [9.17, 15) is 4.79 Å². The average molecular weight is 252 g/mol. The average Bonchev–Trinajstić information content (AvgIpc) is 2.36. The van der Waals surface area contributed by atoms with Crippen molar-refractivity contribution >= 4 is 5.91 Å². The van der Waals surface area contributed by atoms with Crippen LogP contribution < -0.4 is 20.3 Å². The minimum absolute atomic E-state index is 0.0465. The Labute approximate surface area is 107 Å². The largest absolute Gasteiger partial charge is 0.497 e. The maximum Gasteiger partial charge on any atom is 0.234 e. The van der Waals surface area contributed by atoms with Gasteiger partial charge in [0, 0.05) is 19.5 Å². The van der Waals surface area contributed by atoms with Gasteiger partial charge in [-0.15, -0.1) is 0 Å². The van der Waals surface area contributed by atoms with Crippen LogP contribution in [0.5, 0.6) is 11.5 Å². The number of hydrogen-bond donors (Lipinski definition) is 2. The summed E-state index contributed by atoms with van der Waals surface area (Å²) in [6.45, 7) is 1.98. The fourth-order valence-corrected chi connectivity index (χ4v) is 1.81. The molecular formula is C13H20N2O3. The summed E-state index contributed by atoms with van der Waals surface area (Å²) in [4.78, 5) is 11.4. The zero-order valence-electron chi connectivity index (χ0n) is 11.3. The molecule has 18 heavy (non-hydrogen) atoms. The van der Waals surface area contributed by atoms with E-state index in [4.69, 9.17) is 9.47 Å². The first-order chi connectivity index (χ1) is 8.62. The Hall–Kier alpha value is -1.75. The second-order valence-electron chi connectivity index (χ2n) is 3.92. The van der Waals surface area contributed by atoms with E-state index in [0.717, 1.165) is 22.6 Å². The molecule has 0 aliphatic carbocycles. The molecule has 0 radical (unpaired) electrons. The smallest absolute Gasteiger partial charge is 0.234 e. The number of amides is 1. The summed E-state index contributed by atoms with van der Waals surface area (Å²) >= 11 is 0. The third kappa shape index (κ3) is 3.63. The molecule has 1 aromatic carbocycles. The highest BCUT2D eigenvalue weighted by Gasteiger charge is 2.11. The molecule has 0 fully saturated rings. The van der Waals surface area contributed by atoms with Crippen molar-refractivity contribution < 1.29 is 14.3 Å². The van der Waals surface area contributed by atoms with E-state index in [-0.39, 0.29) is 5.91 Å². The molecular weight excluding hydrogens is 232 g/mol. The highest BCUT2D eigenvalue weighted by molar-refractivity contribution is 5.75. The third-order valence-electron chi connectivity index (χ3n) is 2.73. The lowest BCUT2D eigenvalue weighted by Gasteiger charge is -2.13. The maximum absolute atomic E-state index is 11.4. The van der Waals surface area contributed by atoms with Crippen LogP contribution in [-0.2, 0) is 11.2 Å². The predicted molar refractivity (Wildman–Crippen MR) is 69.8 cm³/mol. The van der Waals surface area contributed by atoms with Gasteiger partial charge in [0.2, 0.25) is 5.91 Å². The van der Waals surface area contributed by atoms with E-state index in [1.807, 2.05) is 19.1 Å². The summed E-state index contributed by atoms with van der Waals surface area (Å²) in [6.07, 6.45) is 1.04. The van der Waals surface area contributed by atoms with E-state index in [1.165, 1.54) is 0 Å². The molecule has 0 spiro atoms. The minimum atomic E-state index is -0.0465. The number of ether oxygens (including phenoxy) is 2. The molecule has 100 valence electrons. The Morgan fingerprint density at radius 2 is 2.00 bits per heavy atom. The number of carbonyl (C=O) groups is 1. The maximum atomic E-state index is 11.4. The Morgan fingerprint density at radius 3 is 2.56 bits per heavy atom. The van der Waals surface area contributed by atoms with Crippen molar-refractivity contribution in [2.24, 2.45) is 0 Å². The van der Waals surface area contributed by atoms with E-state index >= 15 is 0 Å². The first-order valence-electron chi connectivity index (χ1n) is 5.79. The van der Waals surface area contributed by atoms with Crippen molar-refractivity contribution in [1.82, 2.24) is 10.9 Å². The van der Waals surface area contributed by atoms with Crippen LogP contribution in [0.2, 0.25) is 0 Å². The van der Waals surface area contributed by atoms with Crippen molar-refractivity contribution in [2.45, 2.75) is 19.8 Å². The number of nitrogens with one attached hydrogen (secondary N) is 2.